The lowest BCUT2D eigenvalue weighted by Gasteiger charge is -2.27. The average molecular weight is 362 g/mol. The summed E-state index contributed by atoms with van der Waals surface area (Å²) < 4.78 is 0.134. The Bertz CT molecular complexity index is 1160. The van der Waals surface area contributed by atoms with E-state index < -0.39 is 0 Å². The number of carbonyl (C=O) groups is 1. The topological polar surface area (TPSA) is 142 Å². The Kier molecular flexibility index (Phi) is 3.60. The molecule has 128 valence electrons. The molecule has 0 unspecified atom stereocenters. The van der Waals surface area contributed by atoms with Gasteiger partial charge < -0.3 is 16.8 Å². The normalized spacial score (nSPS) is 16.0. The first-order valence-electron chi connectivity index (χ1n) is 7.86. The van der Waals surface area contributed by atoms with Crippen molar-refractivity contribution < 1.29 is 4.79 Å². The molecule has 0 bridgehead atoms. The van der Waals surface area contributed by atoms with Crippen LogP contribution in [-0.2, 0) is 4.79 Å². The van der Waals surface area contributed by atoms with Gasteiger partial charge in [-0.2, -0.15) is 5.26 Å². The standard InChI is InChI=1S/C18H14N6OS/c19-7-10-14(20)13-15(24-16(10)21)12-9(8-4-2-1-3-5-8)6-11(25)23-18(12)26-17(13)22/h1-5,9,22H,6H2,(H,23,25)(H4,20,21,24)/t9-/m0/s1. The maximum atomic E-state index is 12.2. The number of nitriles is 1. The van der Waals surface area contributed by atoms with Gasteiger partial charge in [0, 0.05) is 17.9 Å². The number of aromatic nitrogens is 1. The Morgan fingerprint density at radius 3 is 2.73 bits per heavy atom. The highest BCUT2D eigenvalue weighted by atomic mass is 32.1. The number of benzene rings is 1. The van der Waals surface area contributed by atoms with Crippen molar-refractivity contribution in [1.82, 2.24) is 4.98 Å². The van der Waals surface area contributed by atoms with Gasteiger partial charge in [0.2, 0.25) is 5.91 Å². The van der Waals surface area contributed by atoms with Gasteiger partial charge in [0.1, 0.15) is 27.1 Å². The molecule has 0 saturated heterocycles. The number of carbonyl (C=O) groups excluding carboxylic acids is 1. The molecule has 3 heterocycles. The molecule has 0 spiro atoms. The van der Waals surface area contributed by atoms with Gasteiger partial charge in [-0.15, -0.1) is 0 Å². The minimum absolute atomic E-state index is 0.0269. The Morgan fingerprint density at radius 1 is 1.31 bits per heavy atom. The fraction of sp³-hybridized carbons (Fsp3) is 0.111. The second-order valence-corrected chi connectivity index (χ2v) is 7.03. The summed E-state index contributed by atoms with van der Waals surface area (Å²) in [4.78, 5) is 16.6. The number of hydrogen-bond donors (Lipinski definition) is 4. The first-order chi connectivity index (χ1) is 12.5. The first-order valence-corrected chi connectivity index (χ1v) is 8.68. The molecule has 2 aromatic heterocycles. The second kappa shape index (κ2) is 5.82. The molecule has 6 N–H and O–H groups in total. The molecule has 8 heteroatoms. The highest BCUT2D eigenvalue weighted by Crippen LogP contribution is 2.43. The van der Waals surface area contributed by atoms with Crippen molar-refractivity contribution in [2.75, 3.05) is 16.8 Å². The van der Waals surface area contributed by atoms with E-state index in [0.29, 0.717) is 15.9 Å². The highest BCUT2D eigenvalue weighted by molar-refractivity contribution is 7.14. The van der Waals surface area contributed by atoms with E-state index in [9.17, 15) is 10.1 Å². The van der Waals surface area contributed by atoms with E-state index in [4.69, 9.17) is 16.9 Å². The van der Waals surface area contributed by atoms with Crippen LogP contribution in [0, 0.1) is 16.7 Å². The van der Waals surface area contributed by atoms with Crippen molar-refractivity contribution in [3.63, 3.8) is 0 Å². The molecule has 3 aromatic rings. The van der Waals surface area contributed by atoms with E-state index in [-0.39, 0.29) is 40.0 Å². The zero-order valence-corrected chi connectivity index (χ0v) is 14.4. The predicted octanol–water partition coefficient (Wildman–Crippen LogP) is 2.29. The lowest BCUT2D eigenvalue weighted by Crippen LogP contribution is -2.25. The summed E-state index contributed by atoms with van der Waals surface area (Å²) in [5.41, 5.74) is 14.5. The highest BCUT2D eigenvalue weighted by Gasteiger charge is 2.31. The van der Waals surface area contributed by atoms with Gasteiger partial charge >= 0.3 is 0 Å². The molecule has 1 aliphatic heterocycles. The van der Waals surface area contributed by atoms with Crippen LogP contribution in [0.4, 0.5) is 16.5 Å². The van der Waals surface area contributed by atoms with Crippen molar-refractivity contribution in [1.29, 1.82) is 10.7 Å². The van der Waals surface area contributed by atoms with Crippen molar-refractivity contribution in [2.45, 2.75) is 12.3 Å². The largest absolute Gasteiger partial charge is 0.397 e. The molecule has 1 aromatic carbocycles. The first kappa shape index (κ1) is 16.1. The molecule has 0 saturated carbocycles. The van der Waals surface area contributed by atoms with Gasteiger partial charge in [-0.05, 0) is 5.56 Å². The number of fused-ring (bicyclic) bond motifs is 3. The van der Waals surface area contributed by atoms with Crippen molar-refractivity contribution in [3.05, 3.63) is 51.7 Å². The fourth-order valence-electron chi connectivity index (χ4n) is 3.33. The number of nitrogens with one attached hydrogen (secondary N) is 2. The summed E-state index contributed by atoms with van der Waals surface area (Å²) in [5, 5.41) is 21.4. The fourth-order valence-corrected chi connectivity index (χ4v) is 4.36. The van der Waals surface area contributed by atoms with Crippen LogP contribution in [0.15, 0.2) is 30.3 Å². The van der Waals surface area contributed by atoms with E-state index in [1.165, 1.54) is 0 Å². The molecule has 4 rings (SSSR count). The number of nitrogen functional groups attached to an aromatic ring is 2. The number of nitrogens with two attached hydrogens (primary N) is 2. The van der Waals surface area contributed by atoms with E-state index >= 15 is 0 Å². The van der Waals surface area contributed by atoms with Gasteiger partial charge in [-0.3, -0.25) is 10.2 Å². The monoisotopic (exact) mass is 362 g/mol. The van der Waals surface area contributed by atoms with E-state index in [0.717, 1.165) is 22.5 Å². The van der Waals surface area contributed by atoms with Crippen LogP contribution in [0.5, 0.6) is 0 Å². The molecule has 7 nitrogen and oxygen atoms in total. The molecular formula is C18H14N6OS. The van der Waals surface area contributed by atoms with Crippen LogP contribution in [0.1, 0.15) is 29.0 Å². The third-order valence-corrected chi connectivity index (χ3v) is 5.43. The summed E-state index contributed by atoms with van der Waals surface area (Å²) in [6, 6.07) is 11.6. The molecule has 1 aliphatic rings. The average Bonchev–Trinajstić information content (AvgIpc) is 2.61. The van der Waals surface area contributed by atoms with E-state index in [2.05, 4.69) is 10.3 Å². The Morgan fingerprint density at radius 2 is 2.04 bits per heavy atom. The molecule has 1 amide bonds. The summed E-state index contributed by atoms with van der Waals surface area (Å²) >= 11 is 1.12. The van der Waals surface area contributed by atoms with Gasteiger partial charge in [0.25, 0.3) is 0 Å². The van der Waals surface area contributed by atoms with E-state index in [1.54, 1.807) is 0 Å². The summed E-state index contributed by atoms with van der Waals surface area (Å²) in [7, 11) is 0. The smallest absolute Gasteiger partial charge is 0.225 e. The Balaban J connectivity index is 2.13. The number of anilines is 3. The Labute approximate surface area is 152 Å². The van der Waals surface area contributed by atoms with Crippen LogP contribution in [0.25, 0.3) is 10.9 Å². The number of amides is 1. The van der Waals surface area contributed by atoms with E-state index in [1.807, 2.05) is 36.4 Å². The van der Waals surface area contributed by atoms with Crippen molar-refractivity contribution in [3.8, 4) is 6.07 Å². The molecule has 0 radical (unpaired) electrons. The van der Waals surface area contributed by atoms with Crippen molar-refractivity contribution in [2.24, 2.45) is 0 Å². The number of hydrogen-bond acceptors (Lipinski definition) is 7. The molecule has 26 heavy (non-hydrogen) atoms. The van der Waals surface area contributed by atoms with Gasteiger partial charge in [0.05, 0.1) is 16.6 Å². The number of rotatable bonds is 1. The molecular weight excluding hydrogens is 348 g/mol. The summed E-state index contributed by atoms with van der Waals surface area (Å²) in [5.74, 6) is -0.312. The molecule has 0 fully saturated rings. The molecule has 1 atom stereocenters. The lowest BCUT2D eigenvalue weighted by molar-refractivity contribution is -0.116. The molecule has 0 aliphatic carbocycles. The zero-order valence-electron chi connectivity index (χ0n) is 13.5. The zero-order chi connectivity index (χ0) is 18.4. The maximum Gasteiger partial charge on any atom is 0.225 e. The van der Waals surface area contributed by atoms with Crippen LogP contribution >= 0.6 is 11.3 Å². The summed E-state index contributed by atoms with van der Waals surface area (Å²) in [6.45, 7) is 0. The Hall–Kier alpha value is -3.44. The second-order valence-electron chi connectivity index (χ2n) is 6.01. The lowest BCUT2D eigenvalue weighted by atomic mass is 9.86. The van der Waals surface area contributed by atoms with Crippen molar-refractivity contribution >= 4 is 44.7 Å². The summed E-state index contributed by atoms with van der Waals surface area (Å²) in [6.07, 6.45) is 0.262. The quantitative estimate of drug-likeness (QED) is 0.525. The SMILES string of the molecule is N#Cc1c(N)nc2c3c(sc(=N)c2c1N)NC(=O)C[C@H]3c1ccccc1. The predicted molar refractivity (Wildman–Crippen MR) is 101 cm³/mol. The van der Waals surface area contributed by atoms with Crippen LogP contribution < -0.4 is 21.5 Å². The third kappa shape index (κ3) is 2.29. The van der Waals surface area contributed by atoms with Gasteiger partial charge in [-0.25, -0.2) is 4.98 Å². The minimum Gasteiger partial charge on any atom is -0.397 e. The third-order valence-electron chi connectivity index (χ3n) is 4.50. The maximum absolute atomic E-state index is 12.2. The minimum atomic E-state index is -0.224. The van der Waals surface area contributed by atoms with Crippen LogP contribution in [-0.4, -0.2) is 10.9 Å². The van der Waals surface area contributed by atoms with Crippen LogP contribution in [0.2, 0.25) is 0 Å². The van der Waals surface area contributed by atoms with Crippen LogP contribution in [0.3, 0.4) is 0 Å². The number of pyridine rings is 1. The van der Waals surface area contributed by atoms with Gasteiger partial charge in [0.15, 0.2) is 0 Å². The van der Waals surface area contributed by atoms with Gasteiger partial charge in [-0.1, -0.05) is 41.7 Å². The number of nitrogens with zero attached hydrogens (tertiary/aromatic N) is 2.